The zero-order chi connectivity index (χ0) is 19.8. The maximum Gasteiger partial charge on any atom is 0.277 e. The SMILES string of the molecule is C.COc1ccc(OCCCNC(=O)c2cc([N+](=O)[O-])cc([N+](=O)[O-])c2)cc1. The molecule has 0 unspecified atom stereocenters. The number of carbonyl (C=O) groups excluding carboxylic acids is 1. The van der Waals surface area contributed by atoms with E-state index in [1.807, 2.05) is 0 Å². The quantitative estimate of drug-likeness (QED) is 0.393. The van der Waals surface area contributed by atoms with Crippen molar-refractivity contribution in [3.8, 4) is 11.5 Å². The molecular formula is C18H21N3O7. The van der Waals surface area contributed by atoms with Gasteiger partial charge < -0.3 is 14.8 Å². The predicted molar refractivity (Wildman–Crippen MR) is 102 cm³/mol. The van der Waals surface area contributed by atoms with Crippen molar-refractivity contribution in [2.45, 2.75) is 13.8 Å². The highest BCUT2D eigenvalue weighted by Crippen LogP contribution is 2.22. The van der Waals surface area contributed by atoms with E-state index >= 15 is 0 Å². The van der Waals surface area contributed by atoms with Crippen molar-refractivity contribution in [2.75, 3.05) is 20.3 Å². The van der Waals surface area contributed by atoms with Gasteiger partial charge in [-0.15, -0.1) is 0 Å². The Morgan fingerprint density at radius 3 is 2.04 bits per heavy atom. The maximum atomic E-state index is 12.1. The molecule has 0 aliphatic heterocycles. The Labute approximate surface area is 161 Å². The van der Waals surface area contributed by atoms with Crippen LogP contribution in [0.1, 0.15) is 24.2 Å². The first-order valence-electron chi connectivity index (χ1n) is 7.89. The molecule has 10 heteroatoms. The lowest BCUT2D eigenvalue weighted by Gasteiger charge is -2.08. The van der Waals surface area contributed by atoms with E-state index in [1.54, 1.807) is 31.4 Å². The van der Waals surface area contributed by atoms with Crippen molar-refractivity contribution in [1.29, 1.82) is 0 Å². The van der Waals surface area contributed by atoms with Gasteiger partial charge in [0, 0.05) is 18.7 Å². The summed E-state index contributed by atoms with van der Waals surface area (Å²) >= 11 is 0. The third-order valence-corrected chi connectivity index (χ3v) is 3.52. The summed E-state index contributed by atoms with van der Waals surface area (Å²) in [5.41, 5.74) is -1.18. The summed E-state index contributed by atoms with van der Waals surface area (Å²) in [7, 11) is 1.56. The fraction of sp³-hybridized carbons (Fsp3) is 0.278. The largest absolute Gasteiger partial charge is 0.497 e. The molecule has 1 N–H and O–H groups in total. The monoisotopic (exact) mass is 391 g/mol. The number of methoxy groups -OCH3 is 1. The molecule has 28 heavy (non-hydrogen) atoms. The van der Waals surface area contributed by atoms with E-state index in [-0.39, 0.29) is 19.5 Å². The van der Waals surface area contributed by atoms with E-state index in [0.717, 1.165) is 18.2 Å². The summed E-state index contributed by atoms with van der Waals surface area (Å²) in [6, 6.07) is 9.81. The van der Waals surface area contributed by atoms with Gasteiger partial charge in [0.2, 0.25) is 0 Å². The molecule has 1 amide bonds. The lowest BCUT2D eigenvalue weighted by atomic mass is 10.1. The van der Waals surface area contributed by atoms with Gasteiger partial charge in [0.15, 0.2) is 0 Å². The average Bonchev–Trinajstić information content (AvgIpc) is 2.67. The van der Waals surface area contributed by atoms with E-state index in [2.05, 4.69) is 5.32 Å². The maximum absolute atomic E-state index is 12.1. The number of nitrogens with one attached hydrogen (secondary N) is 1. The first-order chi connectivity index (χ1) is 12.9. The summed E-state index contributed by atoms with van der Waals surface area (Å²) < 4.78 is 10.5. The van der Waals surface area contributed by atoms with Gasteiger partial charge in [0.1, 0.15) is 11.5 Å². The standard InChI is InChI=1S/C17H17N3O7.CH4/c1-26-15-3-5-16(6-4-15)27-8-2-7-18-17(21)12-9-13(19(22)23)11-14(10-12)20(24)25;/h3-6,9-11H,2,7-8H2,1H3,(H,18,21);1H4. The highest BCUT2D eigenvalue weighted by atomic mass is 16.6. The van der Waals surface area contributed by atoms with Crippen LogP contribution in [-0.4, -0.2) is 36.0 Å². The van der Waals surface area contributed by atoms with Crippen LogP contribution >= 0.6 is 0 Å². The number of hydrogen-bond donors (Lipinski definition) is 1. The van der Waals surface area contributed by atoms with Crippen molar-refractivity contribution >= 4 is 17.3 Å². The number of rotatable bonds is 9. The highest BCUT2D eigenvalue weighted by Gasteiger charge is 2.19. The molecule has 2 aromatic rings. The molecule has 2 rings (SSSR count). The van der Waals surface area contributed by atoms with Crippen LogP contribution in [0.15, 0.2) is 42.5 Å². The topological polar surface area (TPSA) is 134 Å². The van der Waals surface area contributed by atoms with Gasteiger partial charge in [-0.1, -0.05) is 7.43 Å². The third-order valence-electron chi connectivity index (χ3n) is 3.52. The molecule has 0 bridgehead atoms. The van der Waals surface area contributed by atoms with Crippen LogP contribution in [0.2, 0.25) is 0 Å². The Morgan fingerprint density at radius 2 is 1.54 bits per heavy atom. The minimum absolute atomic E-state index is 0. The highest BCUT2D eigenvalue weighted by molar-refractivity contribution is 5.95. The molecule has 0 saturated carbocycles. The molecule has 0 saturated heterocycles. The number of nitro benzene ring substituents is 2. The van der Waals surface area contributed by atoms with E-state index in [9.17, 15) is 25.0 Å². The van der Waals surface area contributed by atoms with Gasteiger partial charge >= 0.3 is 0 Å². The van der Waals surface area contributed by atoms with Gasteiger partial charge in [-0.25, -0.2) is 0 Å². The summed E-state index contributed by atoms with van der Waals surface area (Å²) in [4.78, 5) is 32.2. The van der Waals surface area contributed by atoms with Crippen LogP contribution in [0.4, 0.5) is 11.4 Å². The van der Waals surface area contributed by atoms with Crippen LogP contribution in [0, 0.1) is 20.2 Å². The molecule has 0 heterocycles. The number of non-ortho nitro benzene ring substituents is 2. The number of carbonyl (C=O) groups is 1. The van der Waals surface area contributed by atoms with Gasteiger partial charge in [0.25, 0.3) is 17.3 Å². The molecule has 0 spiro atoms. The average molecular weight is 391 g/mol. The van der Waals surface area contributed by atoms with Crippen molar-refractivity contribution < 1.29 is 24.1 Å². The van der Waals surface area contributed by atoms with Crippen LogP contribution in [-0.2, 0) is 0 Å². The smallest absolute Gasteiger partial charge is 0.277 e. The molecule has 0 fully saturated rings. The van der Waals surface area contributed by atoms with E-state index in [0.29, 0.717) is 24.5 Å². The molecular weight excluding hydrogens is 370 g/mol. The number of ether oxygens (including phenoxy) is 2. The Balaban J connectivity index is 0.00000392. The molecule has 0 aliphatic carbocycles. The van der Waals surface area contributed by atoms with Crippen LogP contribution in [0.5, 0.6) is 11.5 Å². The zero-order valence-electron chi connectivity index (χ0n) is 14.4. The van der Waals surface area contributed by atoms with Gasteiger partial charge in [0.05, 0.1) is 35.2 Å². The first-order valence-corrected chi connectivity index (χ1v) is 7.89. The number of amides is 1. The van der Waals surface area contributed by atoms with Crippen molar-refractivity contribution in [2.24, 2.45) is 0 Å². The first kappa shape index (κ1) is 22.4. The van der Waals surface area contributed by atoms with E-state index in [4.69, 9.17) is 9.47 Å². The van der Waals surface area contributed by atoms with Crippen molar-refractivity contribution in [1.82, 2.24) is 5.32 Å². The van der Waals surface area contributed by atoms with Gasteiger partial charge in [-0.05, 0) is 30.7 Å². The number of nitro groups is 2. The minimum atomic E-state index is -0.785. The van der Waals surface area contributed by atoms with Crippen molar-refractivity contribution in [3.05, 3.63) is 68.3 Å². The molecule has 0 atom stereocenters. The normalized spacial score (nSPS) is 9.75. The Hall–Kier alpha value is -3.69. The molecule has 0 aliphatic rings. The van der Waals surface area contributed by atoms with Crippen molar-refractivity contribution in [3.63, 3.8) is 0 Å². The zero-order valence-corrected chi connectivity index (χ0v) is 14.4. The second kappa shape index (κ2) is 10.5. The number of benzene rings is 2. The fourth-order valence-electron chi connectivity index (χ4n) is 2.18. The second-order valence-corrected chi connectivity index (χ2v) is 5.39. The fourth-order valence-corrected chi connectivity index (χ4v) is 2.18. The minimum Gasteiger partial charge on any atom is -0.497 e. The van der Waals surface area contributed by atoms with Gasteiger partial charge in [-0.3, -0.25) is 25.0 Å². The lowest BCUT2D eigenvalue weighted by molar-refractivity contribution is -0.394. The summed E-state index contributed by atoms with van der Waals surface area (Å²) in [6.45, 7) is 0.577. The Morgan fingerprint density at radius 1 is 1.00 bits per heavy atom. The van der Waals surface area contributed by atoms with Crippen LogP contribution in [0.25, 0.3) is 0 Å². The predicted octanol–water partition coefficient (Wildman–Crippen LogP) is 3.35. The molecule has 0 aromatic heterocycles. The molecule has 2 aromatic carbocycles. The Bertz CT molecular complexity index is 805. The molecule has 10 nitrogen and oxygen atoms in total. The second-order valence-electron chi connectivity index (χ2n) is 5.39. The number of hydrogen-bond acceptors (Lipinski definition) is 7. The molecule has 150 valence electrons. The van der Waals surface area contributed by atoms with Crippen LogP contribution in [0.3, 0.4) is 0 Å². The summed E-state index contributed by atoms with van der Waals surface area (Å²) in [6.07, 6.45) is 0.481. The van der Waals surface area contributed by atoms with Crippen LogP contribution < -0.4 is 14.8 Å². The summed E-state index contributed by atoms with van der Waals surface area (Å²) in [5.74, 6) is 0.725. The summed E-state index contributed by atoms with van der Waals surface area (Å²) in [5, 5.41) is 24.3. The van der Waals surface area contributed by atoms with E-state index in [1.165, 1.54) is 0 Å². The lowest BCUT2D eigenvalue weighted by Crippen LogP contribution is -2.25. The van der Waals surface area contributed by atoms with E-state index < -0.39 is 27.1 Å². The third kappa shape index (κ3) is 6.24. The number of nitrogens with zero attached hydrogens (tertiary/aromatic N) is 2. The van der Waals surface area contributed by atoms with Gasteiger partial charge in [-0.2, -0.15) is 0 Å². The Kier molecular flexibility index (Phi) is 8.35. The molecule has 0 radical (unpaired) electrons.